The van der Waals surface area contributed by atoms with Gasteiger partial charge in [0, 0.05) is 46.3 Å². The summed E-state index contributed by atoms with van der Waals surface area (Å²) in [6.45, 7) is 2.59. The number of nitrogens with one attached hydrogen (secondary N) is 1. The maximum absolute atomic E-state index is 13.1. The Morgan fingerprint density at radius 1 is 1.31 bits per heavy atom. The number of nitrogens with zero attached hydrogens (tertiary/aromatic N) is 2. The lowest BCUT2D eigenvalue weighted by Gasteiger charge is -2.37. The highest BCUT2D eigenvalue weighted by Crippen LogP contribution is 2.33. The molecule has 1 aromatic carbocycles. The lowest BCUT2D eigenvalue weighted by molar-refractivity contribution is -0.137. The predicted octanol–water partition coefficient (Wildman–Crippen LogP) is 3.51. The molecule has 29 heavy (non-hydrogen) atoms. The first-order chi connectivity index (χ1) is 13.8. The largest absolute Gasteiger partial charge is 0.469 e. The van der Waals surface area contributed by atoms with Crippen LogP contribution in [0.25, 0.3) is 0 Å². The number of piperazine rings is 1. The Morgan fingerprint density at radius 3 is 2.76 bits per heavy atom. The molecule has 158 valence electrons. The Kier molecular flexibility index (Phi) is 6.64. The first-order valence-electron chi connectivity index (χ1n) is 9.64. The topological polar surface area (TPSA) is 48.7 Å². The number of carbonyl (C=O) groups is 1. The molecule has 1 N–H and O–H groups in total. The van der Waals surface area contributed by atoms with Gasteiger partial charge >= 0.3 is 6.18 Å². The number of alkyl halides is 3. The molecule has 5 nitrogen and oxygen atoms in total. The molecule has 2 aromatic rings. The molecule has 2 atom stereocenters. The van der Waals surface area contributed by atoms with Crippen LogP contribution in [0.1, 0.15) is 35.3 Å². The smallest absolute Gasteiger partial charge is 0.416 e. The normalized spacial score (nSPS) is 19.1. The molecular weight excluding hydrogens is 383 g/mol. The van der Waals surface area contributed by atoms with Crippen molar-refractivity contribution in [3.8, 4) is 0 Å². The molecular formula is C21H26F3N3O2. The summed E-state index contributed by atoms with van der Waals surface area (Å²) >= 11 is 0. The number of carbonyl (C=O) groups excluding carboxylic acids is 1. The Balaban J connectivity index is 1.77. The quantitative estimate of drug-likeness (QED) is 0.793. The molecule has 8 heteroatoms. The third kappa shape index (κ3) is 5.19. The fourth-order valence-electron chi connectivity index (χ4n) is 3.75. The van der Waals surface area contributed by atoms with Crippen LogP contribution in [0.5, 0.6) is 0 Å². The molecule has 0 radical (unpaired) electrons. The maximum Gasteiger partial charge on any atom is 0.416 e. The van der Waals surface area contributed by atoms with Crippen molar-refractivity contribution in [2.24, 2.45) is 0 Å². The van der Waals surface area contributed by atoms with Crippen LogP contribution >= 0.6 is 0 Å². The van der Waals surface area contributed by atoms with Gasteiger partial charge in [0.2, 0.25) is 5.91 Å². The third-order valence-corrected chi connectivity index (χ3v) is 5.28. The number of hydrogen-bond donors (Lipinski definition) is 1. The molecule has 2 heterocycles. The van der Waals surface area contributed by atoms with E-state index >= 15 is 0 Å². The average Bonchev–Trinajstić information content (AvgIpc) is 3.22. The van der Waals surface area contributed by atoms with Crippen molar-refractivity contribution in [1.29, 1.82) is 0 Å². The summed E-state index contributed by atoms with van der Waals surface area (Å²) in [6.07, 6.45) is -2.30. The van der Waals surface area contributed by atoms with Crippen LogP contribution in [-0.4, -0.2) is 56.0 Å². The van der Waals surface area contributed by atoms with E-state index in [1.54, 1.807) is 38.6 Å². The molecule has 1 saturated heterocycles. The van der Waals surface area contributed by atoms with Gasteiger partial charge in [0.05, 0.1) is 17.7 Å². The minimum Gasteiger partial charge on any atom is -0.469 e. The van der Waals surface area contributed by atoms with Crippen LogP contribution in [0, 0.1) is 0 Å². The third-order valence-electron chi connectivity index (χ3n) is 5.28. The molecule has 0 bridgehead atoms. The fraction of sp³-hybridized carbons (Fsp3) is 0.476. The van der Waals surface area contributed by atoms with Gasteiger partial charge in [-0.1, -0.05) is 12.1 Å². The van der Waals surface area contributed by atoms with Crippen LogP contribution in [0.3, 0.4) is 0 Å². The average molecular weight is 409 g/mol. The summed E-state index contributed by atoms with van der Waals surface area (Å²) in [5, 5.41) is 3.26. The lowest BCUT2D eigenvalue weighted by Crippen LogP contribution is -2.46. The van der Waals surface area contributed by atoms with Crippen molar-refractivity contribution in [2.45, 2.75) is 24.6 Å². The molecule has 1 aliphatic rings. The summed E-state index contributed by atoms with van der Waals surface area (Å²) in [4.78, 5) is 16.3. The number of rotatable bonds is 6. The summed E-state index contributed by atoms with van der Waals surface area (Å²) in [5.74, 6) is 0.136. The predicted molar refractivity (Wildman–Crippen MR) is 103 cm³/mol. The van der Waals surface area contributed by atoms with Crippen molar-refractivity contribution < 1.29 is 22.4 Å². The van der Waals surface area contributed by atoms with E-state index in [4.69, 9.17) is 4.42 Å². The van der Waals surface area contributed by atoms with E-state index in [9.17, 15) is 18.0 Å². The van der Waals surface area contributed by atoms with Crippen molar-refractivity contribution in [3.63, 3.8) is 0 Å². The first-order valence-corrected chi connectivity index (χ1v) is 9.64. The van der Waals surface area contributed by atoms with Gasteiger partial charge in [0.25, 0.3) is 0 Å². The van der Waals surface area contributed by atoms with Gasteiger partial charge in [-0.2, -0.15) is 13.2 Å². The van der Waals surface area contributed by atoms with Crippen molar-refractivity contribution in [1.82, 2.24) is 15.1 Å². The summed E-state index contributed by atoms with van der Waals surface area (Å²) in [5.41, 5.74) is -0.0164. The van der Waals surface area contributed by atoms with E-state index in [0.717, 1.165) is 12.6 Å². The molecule has 0 spiro atoms. The van der Waals surface area contributed by atoms with Crippen LogP contribution in [0.4, 0.5) is 13.2 Å². The minimum atomic E-state index is -4.37. The molecule has 1 aliphatic heterocycles. The summed E-state index contributed by atoms with van der Waals surface area (Å²) in [6, 6.07) is 8.85. The maximum atomic E-state index is 13.1. The SMILES string of the molecule is CN(C)C(=O)C(CCN1CCNCC1c1cccc(C(F)(F)F)c1)c1ccco1. The molecule has 1 amide bonds. The van der Waals surface area contributed by atoms with Gasteiger partial charge in [-0.05, 0) is 36.2 Å². The molecule has 0 aliphatic carbocycles. The summed E-state index contributed by atoms with van der Waals surface area (Å²) < 4.78 is 44.8. The number of furan rings is 1. The zero-order valence-electron chi connectivity index (χ0n) is 16.6. The molecule has 3 rings (SSSR count). The van der Waals surface area contributed by atoms with E-state index in [1.165, 1.54) is 17.0 Å². The number of benzene rings is 1. The zero-order chi connectivity index (χ0) is 21.0. The van der Waals surface area contributed by atoms with Crippen molar-refractivity contribution in [2.75, 3.05) is 40.3 Å². The van der Waals surface area contributed by atoms with Gasteiger partial charge in [-0.15, -0.1) is 0 Å². The zero-order valence-corrected chi connectivity index (χ0v) is 16.6. The monoisotopic (exact) mass is 409 g/mol. The van der Waals surface area contributed by atoms with Crippen LogP contribution in [0.15, 0.2) is 47.1 Å². The number of halogens is 3. The van der Waals surface area contributed by atoms with E-state index in [-0.39, 0.29) is 11.9 Å². The Labute approximate surface area is 168 Å². The second-order valence-corrected chi connectivity index (χ2v) is 7.47. The van der Waals surface area contributed by atoms with Crippen LogP contribution in [0.2, 0.25) is 0 Å². The van der Waals surface area contributed by atoms with Crippen LogP contribution < -0.4 is 5.32 Å². The first kappa shape index (κ1) is 21.4. The molecule has 1 fully saturated rings. The van der Waals surface area contributed by atoms with Crippen molar-refractivity contribution >= 4 is 5.91 Å². The number of amides is 1. The van der Waals surface area contributed by atoms with E-state index in [1.807, 2.05) is 0 Å². The standard InChI is InChI=1S/C21H26F3N3O2/c1-26(2)20(28)17(19-7-4-12-29-19)8-10-27-11-9-25-14-18(27)15-5-3-6-16(13-15)21(22,23)24/h3-7,12-13,17-18,25H,8-11,14H2,1-2H3. The Hall–Kier alpha value is -2.32. The minimum absolute atomic E-state index is 0.0503. The van der Waals surface area contributed by atoms with E-state index in [2.05, 4.69) is 10.2 Å². The van der Waals surface area contributed by atoms with Crippen LogP contribution in [-0.2, 0) is 11.0 Å². The number of hydrogen-bond acceptors (Lipinski definition) is 4. The van der Waals surface area contributed by atoms with Gasteiger partial charge in [-0.25, -0.2) is 0 Å². The Morgan fingerprint density at radius 2 is 2.10 bits per heavy atom. The van der Waals surface area contributed by atoms with E-state index < -0.39 is 17.7 Å². The lowest BCUT2D eigenvalue weighted by atomic mass is 9.97. The van der Waals surface area contributed by atoms with Crippen molar-refractivity contribution in [3.05, 3.63) is 59.5 Å². The summed E-state index contributed by atoms with van der Waals surface area (Å²) in [7, 11) is 3.41. The second-order valence-electron chi connectivity index (χ2n) is 7.47. The highest BCUT2D eigenvalue weighted by molar-refractivity contribution is 5.82. The Bertz CT molecular complexity index is 806. The second kappa shape index (κ2) is 9.00. The molecule has 0 saturated carbocycles. The van der Waals surface area contributed by atoms with Gasteiger partial charge < -0.3 is 14.6 Å². The highest BCUT2D eigenvalue weighted by atomic mass is 19.4. The van der Waals surface area contributed by atoms with Gasteiger partial charge in [0.1, 0.15) is 5.76 Å². The molecule has 2 unspecified atom stereocenters. The van der Waals surface area contributed by atoms with E-state index in [0.29, 0.717) is 37.4 Å². The van der Waals surface area contributed by atoms with Gasteiger partial charge in [0.15, 0.2) is 0 Å². The highest BCUT2D eigenvalue weighted by Gasteiger charge is 2.33. The molecule has 1 aromatic heterocycles. The van der Waals surface area contributed by atoms with Gasteiger partial charge in [-0.3, -0.25) is 9.69 Å². The number of likely N-dealkylation sites (N-methyl/N-ethyl adjacent to an activating group) is 1. The fourth-order valence-corrected chi connectivity index (χ4v) is 3.75.